The van der Waals surface area contributed by atoms with Gasteiger partial charge in [-0.3, -0.25) is 4.98 Å². The van der Waals surface area contributed by atoms with Crippen molar-refractivity contribution in [2.75, 3.05) is 0 Å². The summed E-state index contributed by atoms with van der Waals surface area (Å²) in [6.07, 6.45) is 3.77. The SMILES string of the molecule is [C-]#[N+]c1ccc2c(c1)c1cc(-c3cc4c5ccccc5c(-c5ccccc5)cc4c4ccccc34)ccc1n2-c1ccccc1.[C-]#[N+]c1ccc2c(c1)c1cc(-c3cc4c5ccccc5c(-c5cccnc5)cc4c4ccccc34)ccc1n2-c1ccccc1.[C-]#[N+]c1ccc2c(c1)c1cc(-c3cc4c5ccccc5ccc4c4ccccc34)ccc1n2-c1ccccc1. The van der Waals surface area contributed by atoms with Crippen LogP contribution in [0.3, 0.4) is 0 Å². The third-order valence-electron chi connectivity index (χ3n) is 26.2. The van der Waals surface area contributed by atoms with E-state index in [0.29, 0.717) is 17.1 Å². The minimum atomic E-state index is 0.645. The predicted octanol–water partition coefficient (Wildman–Crippen LogP) is 34.1. The van der Waals surface area contributed by atoms with E-state index in [1.807, 2.05) is 73.1 Å². The van der Waals surface area contributed by atoms with Gasteiger partial charge in [0.2, 0.25) is 0 Å². The van der Waals surface area contributed by atoms with E-state index in [4.69, 9.17) is 19.7 Å². The molecule has 22 aromatic carbocycles. The van der Waals surface area contributed by atoms with E-state index in [1.54, 1.807) is 0 Å². The normalized spacial score (nSPS) is 11.5. The molecule has 0 unspecified atom stereocenters. The number of hydrogen-bond acceptors (Lipinski definition) is 1. The van der Waals surface area contributed by atoms with Gasteiger partial charge in [0.25, 0.3) is 0 Å². The molecular weight excluding hydrogens is 1560 g/mol. The van der Waals surface area contributed by atoms with Crippen molar-refractivity contribution in [3.63, 3.8) is 0 Å². The first-order chi connectivity index (χ1) is 63.9. The van der Waals surface area contributed by atoms with E-state index in [0.717, 1.165) is 99.2 Å². The summed E-state index contributed by atoms with van der Waals surface area (Å²) in [5.41, 5.74) is 23.9. The molecule has 7 heteroatoms. The van der Waals surface area contributed by atoms with Gasteiger partial charge in [-0.15, -0.1) is 0 Å². The molecule has 0 aliphatic carbocycles. The summed E-state index contributed by atoms with van der Waals surface area (Å²) in [4.78, 5) is 15.7. The second-order valence-electron chi connectivity index (χ2n) is 33.2. The molecule has 0 aliphatic heterocycles. The maximum Gasteiger partial charge on any atom is 0.188 e. The second kappa shape index (κ2) is 30.9. The molecule has 0 N–H and O–H groups in total. The van der Waals surface area contributed by atoms with Crippen LogP contribution < -0.4 is 0 Å². The van der Waals surface area contributed by atoms with Crippen LogP contribution in [0.25, 0.3) is 250 Å². The Morgan fingerprint density at radius 1 is 0.171 bits per heavy atom. The number of para-hydroxylation sites is 3. The Kier molecular flexibility index (Phi) is 18.0. The van der Waals surface area contributed by atoms with Crippen LogP contribution in [0.15, 0.2) is 443 Å². The van der Waals surface area contributed by atoms with Gasteiger partial charge < -0.3 is 13.7 Å². The number of benzene rings is 22. The third-order valence-corrected chi connectivity index (χ3v) is 26.2. The van der Waals surface area contributed by atoms with Gasteiger partial charge in [-0.25, -0.2) is 14.5 Å². The molecule has 4 heterocycles. The number of rotatable bonds is 8. The zero-order valence-electron chi connectivity index (χ0n) is 69.8. The highest BCUT2D eigenvalue weighted by Crippen LogP contribution is 2.49. The highest BCUT2D eigenvalue weighted by Gasteiger charge is 2.24. The monoisotopic (exact) mass is 1640 g/mol. The van der Waals surface area contributed by atoms with Crippen molar-refractivity contribution in [3.8, 4) is 72.7 Å². The Hall–Kier alpha value is -17.8. The van der Waals surface area contributed by atoms with Crippen LogP contribution >= 0.6 is 0 Å². The molecule has 26 aromatic rings. The lowest BCUT2D eigenvalue weighted by molar-refractivity contribution is 1.18. The van der Waals surface area contributed by atoms with Gasteiger partial charge >= 0.3 is 0 Å². The molecule has 26 rings (SSSR count). The van der Waals surface area contributed by atoms with Crippen molar-refractivity contribution >= 4 is 179 Å². The van der Waals surface area contributed by atoms with Crippen molar-refractivity contribution in [3.05, 3.63) is 477 Å². The molecule has 0 saturated carbocycles. The van der Waals surface area contributed by atoms with Crippen LogP contribution in [0.2, 0.25) is 0 Å². The van der Waals surface area contributed by atoms with E-state index < -0.39 is 0 Å². The van der Waals surface area contributed by atoms with Crippen LogP contribution in [-0.2, 0) is 0 Å². The number of aromatic nitrogens is 4. The van der Waals surface area contributed by atoms with Gasteiger partial charge in [-0.2, -0.15) is 0 Å². The zero-order valence-corrected chi connectivity index (χ0v) is 69.8. The van der Waals surface area contributed by atoms with E-state index in [9.17, 15) is 0 Å². The fourth-order valence-electron chi connectivity index (χ4n) is 20.4. The molecule has 0 aliphatic rings. The van der Waals surface area contributed by atoms with Crippen LogP contribution in [0.4, 0.5) is 17.1 Å². The van der Waals surface area contributed by atoms with Crippen LogP contribution in [0, 0.1) is 19.7 Å². The average molecular weight is 1640 g/mol. The molecule has 129 heavy (non-hydrogen) atoms. The van der Waals surface area contributed by atoms with Gasteiger partial charge in [0.15, 0.2) is 17.1 Å². The van der Waals surface area contributed by atoms with Gasteiger partial charge in [-0.1, -0.05) is 285 Å². The van der Waals surface area contributed by atoms with E-state index in [2.05, 4.69) is 403 Å². The minimum absolute atomic E-state index is 0.645. The molecule has 4 aromatic heterocycles. The quantitative estimate of drug-likeness (QED) is 0.110. The van der Waals surface area contributed by atoms with Crippen molar-refractivity contribution in [1.29, 1.82) is 0 Å². The van der Waals surface area contributed by atoms with E-state index in [-0.39, 0.29) is 0 Å². The molecule has 0 saturated heterocycles. The first-order valence-corrected chi connectivity index (χ1v) is 43.4. The largest absolute Gasteiger partial charge is 0.309 e. The van der Waals surface area contributed by atoms with Gasteiger partial charge in [0, 0.05) is 51.2 Å². The fourth-order valence-corrected chi connectivity index (χ4v) is 20.4. The summed E-state index contributed by atoms with van der Waals surface area (Å²) in [5, 5.41) is 29.1. The Morgan fingerprint density at radius 2 is 0.426 bits per heavy atom. The molecule has 0 radical (unpaired) electrons. The lowest BCUT2D eigenvalue weighted by Crippen LogP contribution is -1.93. The molecule has 0 atom stereocenters. The van der Waals surface area contributed by atoms with Crippen molar-refractivity contribution < 1.29 is 0 Å². The van der Waals surface area contributed by atoms with Crippen molar-refractivity contribution in [2.24, 2.45) is 0 Å². The fraction of sp³-hybridized carbons (Fsp3) is 0. The number of fused-ring (bicyclic) bond motifs is 24. The van der Waals surface area contributed by atoms with E-state index >= 15 is 0 Å². The molecule has 7 nitrogen and oxygen atoms in total. The summed E-state index contributed by atoms with van der Waals surface area (Å²) in [6, 6.07) is 153. The zero-order chi connectivity index (χ0) is 85.7. The first-order valence-electron chi connectivity index (χ1n) is 43.4. The number of pyridine rings is 1. The molecule has 596 valence electrons. The highest BCUT2D eigenvalue weighted by molar-refractivity contribution is 6.28. The highest BCUT2D eigenvalue weighted by atomic mass is 15.0. The molecule has 0 amide bonds. The van der Waals surface area contributed by atoms with E-state index in [1.165, 1.54) is 136 Å². The summed E-state index contributed by atoms with van der Waals surface area (Å²) in [7, 11) is 0. The number of nitrogens with zero attached hydrogens (tertiary/aromatic N) is 7. The summed E-state index contributed by atoms with van der Waals surface area (Å²) >= 11 is 0. The lowest BCUT2D eigenvalue weighted by Gasteiger charge is -2.16. The lowest BCUT2D eigenvalue weighted by atomic mass is 9.87. The van der Waals surface area contributed by atoms with Crippen molar-refractivity contribution in [2.45, 2.75) is 0 Å². The standard InChI is InChI=1S/C43H26N2.C42H25N3.C37H22N2/c1-44-30-21-23-43-41(25-30)40-24-29(20-22-42(40)45(43)31-14-6-3-7-15-31)37-27-39-34-18-10-8-16-32(34)36(28-12-4-2-5-13-28)26-38(39)35-19-11-9-17-33(35)37;1-43-29-18-20-42-40(23-29)39-22-27(17-19-41(39)45(42)30-11-3-2-4-12-30)35-24-37-34-16-8-6-14-32(34)36(28-10-9-21-44-26-28)25-38(37)33-15-7-5-13-31(33)35;1-38-26-17-20-37-35(22-26)34-21-25(16-19-36(34)39(37)27-10-3-2-4-11-27)32-23-33-28-12-6-5-9-24(28)15-18-31(33)29-13-7-8-14-30(29)32/h2-27H;2-26H;2-23H. The Labute approximate surface area is 743 Å². The molecular formula is C122H73N7. The third kappa shape index (κ3) is 12.5. The topological polar surface area (TPSA) is 40.8 Å². The van der Waals surface area contributed by atoms with Gasteiger partial charge in [-0.05, 0) is 309 Å². The van der Waals surface area contributed by atoms with Crippen LogP contribution in [0.5, 0.6) is 0 Å². The molecule has 0 bridgehead atoms. The maximum atomic E-state index is 7.70. The van der Waals surface area contributed by atoms with Crippen LogP contribution in [-0.4, -0.2) is 18.7 Å². The molecule has 0 spiro atoms. The average Bonchev–Trinajstić information content (AvgIpc) is 1.68. The summed E-state index contributed by atoms with van der Waals surface area (Å²) < 4.78 is 6.90. The summed E-state index contributed by atoms with van der Waals surface area (Å²) in [6.45, 7) is 23.0. The second-order valence-corrected chi connectivity index (χ2v) is 33.2. The van der Waals surface area contributed by atoms with Crippen LogP contribution in [0.1, 0.15) is 0 Å². The Bertz CT molecular complexity index is 8900. The van der Waals surface area contributed by atoms with Gasteiger partial charge in [0.1, 0.15) is 0 Å². The predicted molar refractivity (Wildman–Crippen MR) is 544 cm³/mol. The smallest absolute Gasteiger partial charge is 0.188 e. The van der Waals surface area contributed by atoms with Gasteiger partial charge in [0.05, 0.1) is 52.8 Å². The summed E-state index contributed by atoms with van der Waals surface area (Å²) in [5.74, 6) is 0. The maximum absolute atomic E-state index is 7.70. The van der Waals surface area contributed by atoms with Crippen molar-refractivity contribution in [1.82, 2.24) is 18.7 Å². The minimum Gasteiger partial charge on any atom is -0.309 e. The first kappa shape index (κ1) is 75.0. The molecule has 0 fully saturated rings. The Balaban J connectivity index is 0.000000108. The Morgan fingerprint density at radius 3 is 0.760 bits per heavy atom. The number of hydrogen-bond donors (Lipinski definition) is 0.